The maximum absolute atomic E-state index is 11.0. The number of aromatic carboxylic acids is 1. The van der Waals surface area contributed by atoms with Crippen LogP contribution in [-0.4, -0.2) is 17.3 Å². The van der Waals surface area contributed by atoms with Crippen LogP contribution in [0.5, 0.6) is 0 Å². The third kappa shape index (κ3) is 1.40. The van der Waals surface area contributed by atoms with E-state index >= 15 is 0 Å². The summed E-state index contributed by atoms with van der Waals surface area (Å²) in [5, 5.41) is 9.92. The van der Waals surface area contributed by atoms with Crippen molar-refractivity contribution in [2.75, 3.05) is 6.26 Å². The van der Waals surface area contributed by atoms with Gasteiger partial charge in [0, 0.05) is 10.1 Å². The van der Waals surface area contributed by atoms with Gasteiger partial charge < -0.3 is 5.11 Å². The first-order chi connectivity index (χ1) is 6.74. The Bertz CT molecular complexity index is 488. The van der Waals surface area contributed by atoms with Gasteiger partial charge in [-0.05, 0) is 12.3 Å². The summed E-state index contributed by atoms with van der Waals surface area (Å²) in [7, 11) is 0. The molecular formula is C10H8O2S2. The Morgan fingerprint density at radius 2 is 2.14 bits per heavy atom. The first-order valence-corrected chi connectivity index (χ1v) is 6.07. The number of carbonyl (C=O) groups is 1. The van der Waals surface area contributed by atoms with Crippen LogP contribution >= 0.6 is 23.1 Å². The fourth-order valence-electron chi connectivity index (χ4n) is 1.37. The maximum Gasteiger partial charge on any atom is 0.338 e. The molecular weight excluding hydrogens is 216 g/mol. The van der Waals surface area contributed by atoms with E-state index in [9.17, 15) is 4.79 Å². The van der Waals surface area contributed by atoms with Crippen LogP contribution in [0.4, 0.5) is 0 Å². The average molecular weight is 224 g/mol. The Morgan fingerprint density at radius 1 is 1.43 bits per heavy atom. The lowest BCUT2D eigenvalue weighted by atomic mass is 10.2. The van der Waals surface area contributed by atoms with E-state index in [0.717, 1.165) is 14.3 Å². The minimum absolute atomic E-state index is 0.443. The van der Waals surface area contributed by atoms with Gasteiger partial charge in [-0.25, -0.2) is 4.79 Å². The predicted octanol–water partition coefficient (Wildman–Crippen LogP) is 3.32. The molecule has 0 bridgehead atoms. The number of thiophene rings is 1. The van der Waals surface area contributed by atoms with E-state index in [2.05, 4.69) is 0 Å². The molecule has 1 aromatic carbocycles. The highest BCUT2D eigenvalue weighted by molar-refractivity contribution is 8.00. The molecule has 1 N–H and O–H groups in total. The second-order valence-electron chi connectivity index (χ2n) is 2.77. The van der Waals surface area contributed by atoms with E-state index in [1.807, 2.05) is 30.5 Å². The van der Waals surface area contributed by atoms with E-state index in [-0.39, 0.29) is 0 Å². The number of thioether (sulfide) groups is 1. The molecule has 2 rings (SSSR count). The standard InChI is InChI=1S/C10H8O2S2/c1-13-10-8(9(11)12)6-4-2-3-5-7(6)14-10/h2-5H,1H3,(H,11,12). The molecule has 0 aliphatic rings. The average Bonchev–Trinajstić information content (AvgIpc) is 2.55. The number of carboxylic acid groups (broad SMARTS) is 1. The molecule has 2 aromatic rings. The molecule has 72 valence electrons. The molecule has 0 spiro atoms. The van der Waals surface area contributed by atoms with Crippen molar-refractivity contribution in [2.24, 2.45) is 0 Å². The summed E-state index contributed by atoms with van der Waals surface area (Å²) in [6, 6.07) is 7.60. The molecule has 0 radical (unpaired) electrons. The largest absolute Gasteiger partial charge is 0.478 e. The van der Waals surface area contributed by atoms with Gasteiger partial charge in [-0.1, -0.05) is 18.2 Å². The van der Waals surface area contributed by atoms with Gasteiger partial charge in [-0.3, -0.25) is 0 Å². The van der Waals surface area contributed by atoms with Crippen LogP contribution in [0.1, 0.15) is 10.4 Å². The Hall–Kier alpha value is -1.00. The van der Waals surface area contributed by atoms with Crippen LogP contribution in [0.2, 0.25) is 0 Å². The molecule has 0 amide bonds. The van der Waals surface area contributed by atoms with E-state index in [4.69, 9.17) is 5.11 Å². The fourth-order valence-corrected chi connectivity index (χ4v) is 3.30. The van der Waals surface area contributed by atoms with Gasteiger partial charge in [-0.2, -0.15) is 0 Å². The van der Waals surface area contributed by atoms with Gasteiger partial charge in [0.1, 0.15) is 0 Å². The normalized spacial score (nSPS) is 10.6. The minimum Gasteiger partial charge on any atom is -0.478 e. The van der Waals surface area contributed by atoms with Crippen LogP contribution in [-0.2, 0) is 0 Å². The minimum atomic E-state index is -0.841. The number of benzene rings is 1. The molecule has 0 saturated carbocycles. The summed E-state index contributed by atoms with van der Waals surface area (Å²) in [5.41, 5.74) is 0.443. The molecule has 0 aliphatic heterocycles. The third-order valence-corrected chi connectivity index (χ3v) is 4.25. The molecule has 0 saturated heterocycles. The van der Waals surface area contributed by atoms with Crippen LogP contribution in [0.25, 0.3) is 10.1 Å². The summed E-state index contributed by atoms with van der Waals surface area (Å²) in [4.78, 5) is 11.0. The molecule has 0 aliphatic carbocycles. The van der Waals surface area contributed by atoms with Crippen molar-refractivity contribution in [3.05, 3.63) is 29.8 Å². The summed E-state index contributed by atoms with van der Waals surface area (Å²) in [6.45, 7) is 0. The summed E-state index contributed by atoms with van der Waals surface area (Å²) in [5.74, 6) is -0.841. The topological polar surface area (TPSA) is 37.3 Å². The van der Waals surface area contributed by atoms with E-state index in [1.54, 1.807) is 0 Å². The van der Waals surface area contributed by atoms with Crippen LogP contribution in [0.15, 0.2) is 28.5 Å². The number of rotatable bonds is 2. The number of hydrogen-bond acceptors (Lipinski definition) is 3. The molecule has 2 nitrogen and oxygen atoms in total. The van der Waals surface area contributed by atoms with Gasteiger partial charge in [0.15, 0.2) is 0 Å². The second kappa shape index (κ2) is 3.63. The highest BCUT2D eigenvalue weighted by Gasteiger charge is 2.16. The first kappa shape index (κ1) is 9.55. The number of hydrogen-bond donors (Lipinski definition) is 1. The molecule has 0 unspecified atom stereocenters. The zero-order valence-corrected chi connectivity index (χ0v) is 9.11. The van der Waals surface area contributed by atoms with Gasteiger partial charge in [0.2, 0.25) is 0 Å². The van der Waals surface area contributed by atoms with Crippen LogP contribution < -0.4 is 0 Å². The zero-order valence-electron chi connectivity index (χ0n) is 7.48. The Kier molecular flexibility index (Phi) is 2.48. The van der Waals surface area contributed by atoms with Crippen LogP contribution in [0, 0.1) is 0 Å². The monoisotopic (exact) mass is 224 g/mol. The summed E-state index contributed by atoms with van der Waals surface area (Å²) >= 11 is 3.02. The number of fused-ring (bicyclic) bond motifs is 1. The quantitative estimate of drug-likeness (QED) is 0.795. The van der Waals surface area contributed by atoms with Gasteiger partial charge >= 0.3 is 5.97 Å². The van der Waals surface area contributed by atoms with Gasteiger partial charge in [0.05, 0.1) is 9.77 Å². The smallest absolute Gasteiger partial charge is 0.338 e. The fraction of sp³-hybridized carbons (Fsp3) is 0.100. The van der Waals surface area contributed by atoms with E-state index < -0.39 is 5.97 Å². The molecule has 4 heteroatoms. The molecule has 1 aromatic heterocycles. The van der Waals surface area contributed by atoms with E-state index in [0.29, 0.717) is 5.56 Å². The van der Waals surface area contributed by atoms with Gasteiger partial charge in [0.25, 0.3) is 0 Å². The molecule has 0 atom stereocenters. The van der Waals surface area contributed by atoms with Crippen molar-refractivity contribution in [3.8, 4) is 0 Å². The Morgan fingerprint density at radius 3 is 2.79 bits per heavy atom. The molecule has 14 heavy (non-hydrogen) atoms. The maximum atomic E-state index is 11.0. The van der Waals surface area contributed by atoms with E-state index in [1.165, 1.54) is 23.1 Å². The number of carboxylic acids is 1. The predicted molar refractivity (Wildman–Crippen MR) is 60.6 cm³/mol. The van der Waals surface area contributed by atoms with Crippen molar-refractivity contribution in [3.63, 3.8) is 0 Å². The van der Waals surface area contributed by atoms with Crippen LogP contribution in [0.3, 0.4) is 0 Å². The molecule has 0 fully saturated rings. The zero-order chi connectivity index (χ0) is 10.1. The third-order valence-electron chi connectivity index (χ3n) is 1.96. The molecule has 1 heterocycles. The lowest BCUT2D eigenvalue weighted by Gasteiger charge is -1.94. The lowest BCUT2D eigenvalue weighted by Crippen LogP contribution is -1.95. The van der Waals surface area contributed by atoms with Crippen molar-refractivity contribution < 1.29 is 9.90 Å². The highest BCUT2D eigenvalue weighted by Crippen LogP contribution is 2.36. The van der Waals surface area contributed by atoms with Gasteiger partial charge in [-0.15, -0.1) is 23.1 Å². The first-order valence-electron chi connectivity index (χ1n) is 4.03. The van der Waals surface area contributed by atoms with Crippen molar-refractivity contribution >= 4 is 39.2 Å². The Balaban J connectivity index is 2.81. The Labute approximate surface area is 89.6 Å². The van der Waals surface area contributed by atoms with Crippen molar-refractivity contribution in [1.82, 2.24) is 0 Å². The lowest BCUT2D eigenvalue weighted by molar-refractivity contribution is 0.0696. The van der Waals surface area contributed by atoms with Crippen molar-refractivity contribution in [2.45, 2.75) is 4.21 Å². The highest BCUT2D eigenvalue weighted by atomic mass is 32.2. The second-order valence-corrected chi connectivity index (χ2v) is 4.90. The summed E-state index contributed by atoms with van der Waals surface area (Å²) < 4.78 is 1.91. The van der Waals surface area contributed by atoms with Crippen molar-refractivity contribution in [1.29, 1.82) is 0 Å². The SMILES string of the molecule is CSc1sc2ccccc2c1C(=O)O. The summed E-state index contributed by atoms with van der Waals surface area (Å²) in [6.07, 6.45) is 1.90.